The van der Waals surface area contributed by atoms with E-state index < -0.39 is 5.60 Å². The summed E-state index contributed by atoms with van der Waals surface area (Å²) in [6.07, 6.45) is 5.42. The largest absolute Gasteiger partial charge is 0.346 e. The van der Waals surface area contributed by atoms with Crippen molar-refractivity contribution in [1.29, 1.82) is 0 Å². The van der Waals surface area contributed by atoms with Gasteiger partial charge < -0.3 is 4.98 Å². The fourth-order valence-electron chi connectivity index (χ4n) is 2.40. The van der Waals surface area contributed by atoms with Crippen molar-refractivity contribution >= 4 is 28.6 Å². The Kier molecular flexibility index (Phi) is 4.67. The summed E-state index contributed by atoms with van der Waals surface area (Å²) < 4.78 is 0. The third kappa shape index (κ3) is 4.14. The van der Waals surface area contributed by atoms with Gasteiger partial charge in [0.1, 0.15) is 5.65 Å². The zero-order chi connectivity index (χ0) is 17.9. The topological polar surface area (TPSA) is 67.0 Å². The first-order valence-corrected chi connectivity index (χ1v) is 8.11. The summed E-state index contributed by atoms with van der Waals surface area (Å²) >= 11 is 0. The van der Waals surface area contributed by atoms with Gasteiger partial charge >= 0.3 is 0 Å². The molecule has 3 rings (SSSR count). The zero-order valence-electron chi connectivity index (χ0n) is 14.5. The van der Waals surface area contributed by atoms with Crippen LogP contribution in [0, 0.1) is 0 Å². The average molecular weight is 335 g/mol. The highest BCUT2D eigenvalue weighted by molar-refractivity contribution is 6.24. The highest BCUT2D eigenvalue weighted by Gasteiger charge is 2.17. The molecule has 0 spiro atoms. The summed E-state index contributed by atoms with van der Waals surface area (Å²) in [6, 6.07) is 13.4. The molecule has 2 N–H and O–H groups in total. The molecule has 0 aliphatic heterocycles. The molecule has 0 fully saturated rings. The molecule has 3 aromatic rings. The van der Waals surface area contributed by atoms with Gasteiger partial charge in [0, 0.05) is 28.9 Å². The summed E-state index contributed by atoms with van der Waals surface area (Å²) in [5.74, 6) is -0.292. The fraction of sp³-hybridized carbons (Fsp3) is 0.200. The Bertz CT molecular complexity index is 905. The molecule has 5 nitrogen and oxygen atoms in total. The molecule has 1 aromatic carbocycles. The monoisotopic (exact) mass is 335 g/mol. The van der Waals surface area contributed by atoms with Crippen LogP contribution >= 0.6 is 0 Å². The molecule has 2 heterocycles. The quantitative estimate of drug-likeness (QED) is 0.560. The lowest BCUT2D eigenvalue weighted by molar-refractivity contribution is -0.139. The second-order valence-corrected chi connectivity index (χ2v) is 6.71. The van der Waals surface area contributed by atoms with E-state index in [2.05, 4.69) is 15.4 Å². The van der Waals surface area contributed by atoms with Crippen molar-refractivity contribution in [3.8, 4) is 0 Å². The van der Waals surface area contributed by atoms with Crippen molar-refractivity contribution in [3.63, 3.8) is 0 Å². The number of benzene rings is 1. The summed E-state index contributed by atoms with van der Waals surface area (Å²) in [5, 5.41) is 0.959. The third-order valence-corrected chi connectivity index (χ3v) is 3.56. The molecule has 128 valence electrons. The minimum Gasteiger partial charge on any atom is -0.346 e. The zero-order valence-corrected chi connectivity index (χ0v) is 14.5. The smallest absolute Gasteiger partial charge is 0.275 e. The van der Waals surface area contributed by atoms with Crippen LogP contribution in [0.2, 0.25) is 0 Å². The molecule has 5 heteroatoms. The van der Waals surface area contributed by atoms with E-state index in [0.29, 0.717) is 5.57 Å². The number of carbonyl (C=O) groups is 1. The SMILES string of the molecule is CC(C)(C)ONC(=O)C(=Cc1c[nH]c2ncccc12)c1ccccc1. The van der Waals surface area contributed by atoms with Gasteiger partial charge in [0.25, 0.3) is 5.91 Å². The Morgan fingerprint density at radius 1 is 1.16 bits per heavy atom. The second-order valence-electron chi connectivity index (χ2n) is 6.71. The molecule has 0 saturated heterocycles. The Morgan fingerprint density at radius 2 is 1.92 bits per heavy atom. The highest BCUT2D eigenvalue weighted by Crippen LogP contribution is 2.23. The van der Waals surface area contributed by atoms with Gasteiger partial charge in [-0.25, -0.2) is 10.5 Å². The molecular formula is C20H21N3O2. The molecule has 0 unspecified atom stereocenters. The van der Waals surface area contributed by atoms with Crippen LogP contribution in [0.3, 0.4) is 0 Å². The highest BCUT2D eigenvalue weighted by atomic mass is 16.7. The molecule has 0 saturated carbocycles. The van der Waals surface area contributed by atoms with Crippen molar-refractivity contribution < 1.29 is 9.63 Å². The first-order valence-electron chi connectivity index (χ1n) is 8.11. The maximum atomic E-state index is 12.7. The number of rotatable bonds is 4. The summed E-state index contributed by atoms with van der Waals surface area (Å²) in [7, 11) is 0. The molecule has 0 radical (unpaired) electrons. The number of nitrogens with zero attached hydrogens (tertiary/aromatic N) is 1. The van der Waals surface area contributed by atoms with Crippen molar-refractivity contribution in [2.24, 2.45) is 0 Å². The number of hydroxylamine groups is 1. The number of H-pyrrole nitrogens is 1. The third-order valence-electron chi connectivity index (χ3n) is 3.56. The van der Waals surface area contributed by atoms with Gasteiger partial charge in [-0.3, -0.25) is 9.63 Å². The predicted molar refractivity (Wildman–Crippen MR) is 99.4 cm³/mol. The van der Waals surface area contributed by atoms with E-state index in [1.165, 1.54) is 0 Å². The number of aromatic nitrogens is 2. The Hall–Kier alpha value is -2.92. The molecular weight excluding hydrogens is 314 g/mol. The number of hydrogen-bond donors (Lipinski definition) is 2. The van der Waals surface area contributed by atoms with E-state index >= 15 is 0 Å². The molecule has 25 heavy (non-hydrogen) atoms. The van der Waals surface area contributed by atoms with Gasteiger partial charge in [-0.15, -0.1) is 0 Å². The molecule has 0 bridgehead atoms. The average Bonchev–Trinajstić information content (AvgIpc) is 3.01. The number of aromatic amines is 1. The minimum absolute atomic E-state index is 0.292. The maximum absolute atomic E-state index is 12.7. The van der Waals surface area contributed by atoms with Crippen LogP contribution in [0.4, 0.5) is 0 Å². The number of carbonyl (C=O) groups excluding carboxylic acids is 1. The van der Waals surface area contributed by atoms with E-state index in [1.54, 1.807) is 6.20 Å². The summed E-state index contributed by atoms with van der Waals surface area (Å²) in [4.78, 5) is 25.6. The Labute approximate surface area is 146 Å². The maximum Gasteiger partial charge on any atom is 0.275 e. The van der Waals surface area contributed by atoms with Gasteiger partial charge in [-0.1, -0.05) is 30.3 Å². The van der Waals surface area contributed by atoms with Crippen LogP contribution in [-0.2, 0) is 9.63 Å². The van der Waals surface area contributed by atoms with Crippen LogP contribution < -0.4 is 5.48 Å². The molecule has 0 atom stereocenters. The van der Waals surface area contributed by atoms with E-state index in [1.807, 2.05) is 75.5 Å². The number of pyridine rings is 1. The van der Waals surface area contributed by atoms with Crippen LogP contribution in [-0.4, -0.2) is 21.5 Å². The molecule has 2 aromatic heterocycles. The fourth-order valence-corrected chi connectivity index (χ4v) is 2.40. The minimum atomic E-state index is -0.470. The predicted octanol–water partition coefficient (Wildman–Crippen LogP) is 3.95. The lowest BCUT2D eigenvalue weighted by Crippen LogP contribution is -2.34. The van der Waals surface area contributed by atoms with Crippen LogP contribution in [0.1, 0.15) is 31.9 Å². The number of hydrogen-bond acceptors (Lipinski definition) is 3. The molecule has 0 aliphatic carbocycles. The molecule has 0 aliphatic rings. The van der Waals surface area contributed by atoms with Crippen molar-refractivity contribution in [3.05, 3.63) is 66.0 Å². The van der Waals surface area contributed by atoms with Gasteiger partial charge in [-0.05, 0) is 44.5 Å². The number of amides is 1. The van der Waals surface area contributed by atoms with E-state index in [-0.39, 0.29) is 5.91 Å². The summed E-state index contributed by atoms with van der Waals surface area (Å²) in [5.41, 5.74) is 5.10. The summed E-state index contributed by atoms with van der Waals surface area (Å²) in [6.45, 7) is 5.64. The standard InChI is InChI=1S/C20H21N3O2/c1-20(2,3)25-23-19(24)17(14-8-5-4-6-9-14)12-15-13-22-18-16(15)10-7-11-21-18/h4-13H,1-3H3,(H,21,22)(H,23,24). The van der Waals surface area contributed by atoms with Crippen LogP contribution in [0.5, 0.6) is 0 Å². The number of fused-ring (bicyclic) bond motifs is 1. The number of nitrogens with one attached hydrogen (secondary N) is 2. The lowest BCUT2D eigenvalue weighted by Gasteiger charge is -2.19. The normalized spacial score (nSPS) is 12.4. The van der Waals surface area contributed by atoms with Crippen molar-refractivity contribution in [2.45, 2.75) is 26.4 Å². The van der Waals surface area contributed by atoms with E-state index in [9.17, 15) is 4.79 Å². The van der Waals surface area contributed by atoms with Crippen molar-refractivity contribution in [1.82, 2.24) is 15.4 Å². The van der Waals surface area contributed by atoms with E-state index in [0.717, 1.165) is 22.2 Å². The second kappa shape index (κ2) is 6.91. The van der Waals surface area contributed by atoms with Gasteiger partial charge in [0.15, 0.2) is 0 Å². The Balaban J connectivity index is 2.01. The van der Waals surface area contributed by atoms with Gasteiger partial charge in [0.05, 0.1) is 5.60 Å². The van der Waals surface area contributed by atoms with Gasteiger partial charge in [-0.2, -0.15) is 0 Å². The lowest BCUT2D eigenvalue weighted by atomic mass is 10.0. The first kappa shape index (κ1) is 16.9. The van der Waals surface area contributed by atoms with Crippen molar-refractivity contribution in [2.75, 3.05) is 0 Å². The Morgan fingerprint density at radius 3 is 2.64 bits per heavy atom. The van der Waals surface area contributed by atoms with Crippen LogP contribution in [0.25, 0.3) is 22.7 Å². The first-order chi connectivity index (χ1) is 11.9. The van der Waals surface area contributed by atoms with Gasteiger partial charge in [0.2, 0.25) is 0 Å². The van der Waals surface area contributed by atoms with Crippen LogP contribution in [0.15, 0.2) is 54.9 Å². The van der Waals surface area contributed by atoms with E-state index in [4.69, 9.17) is 4.84 Å². The molecule has 1 amide bonds.